The third-order valence-corrected chi connectivity index (χ3v) is 7.34. The third kappa shape index (κ3) is 9.51. The van der Waals surface area contributed by atoms with E-state index in [2.05, 4.69) is 6.58 Å². The maximum atomic E-state index is 11.8. The van der Waals surface area contributed by atoms with Crippen molar-refractivity contribution in [1.82, 2.24) is 0 Å². The summed E-state index contributed by atoms with van der Waals surface area (Å²) >= 11 is 0. The lowest BCUT2D eigenvalue weighted by atomic mass is 9.94. The van der Waals surface area contributed by atoms with E-state index in [1.165, 1.54) is 0 Å². The molecule has 9 heteroatoms. The molecule has 4 N–H and O–H groups in total. The van der Waals surface area contributed by atoms with Gasteiger partial charge >= 0.3 is 0 Å². The van der Waals surface area contributed by atoms with E-state index in [0.29, 0.717) is 0 Å². The molecule has 0 radical (unpaired) electrons. The molecule has 0 spiro atoms. The molecule has 0 bridgehead atoms. The number of ether oxygens (including phenoxy) is 5. The van der Waals surface area contributed by atoms with E-state index in [9.17, 15) is 20.4 Å². The fourth-order valence-electron chi connectivity index (χ4n) is 5.02. The summed E-state index contributed by atoms with van der Waals surface area (Å²) in [5.41, 5.74) is 2.68. The lowest BCUT2D eigenvalue weighted by Crippen LogP contribution is -2.55. The largest absolute Gasteiger partial charge is 0.394 e. The van der Waals surface area contributed by atoms with Crippen LogP contribution in [0, 0.1) is 0 Å². The van der Waals surface area contributed by atoms with E-state index in [1.54, 1.807) is 6.08 Å². The molecule has 0 aromatic heterocycles. The molecule has 0 amide bonds. The zero-order valence-corrected chi connectivity index (χ0v) is 24.1. The van der Waals surface area contributed by atoms with Gasteiger partial charge in [0.25, 0.3) is 0 Å². The monoisotopic (exact) mass is 594 g/mol. The van der Waals surface area contributed by atoms with E-state index >= 15 is 0 Å². The van der Waals surface area contributed by atoms with Crippen LogP contribution in [-0.4, -0.2) is 89.1 Å². The van der Waals surface area contributed by atoms with Gasteiger partial charge in [-0.15, -0.1) is 6.58 Å². The van der Waals surface area contributed by atoms with Crippen molar-refractivity contribution < 1.29 is 44.1 Å². The Balaban J connectivity index is 1.67. The summed E-state index contributed by atoms with van der Waals surface area (Å²) in [6.07, 6.45) is -7.80. The van der Waals surface area contributed by atoms with E-state index in [0.717, 1.165) is 16.7 Å². The second kappa shape index (κ2) is 17.4. The molecule has 232 valence electrons. The van der Waals surface area contributed by atoms with Crippen molar-refractivity contribution in [3.8, 4) is 0 Å². The van der Waals surface area contributed by atoms with Crippen LogP contribution in [0.25, 0.3) is 0 Å². The van der Waals surface area contributed by atoms with E-state index in [4.69, 9.17) is 23.7 Å². The third-order valence-electron chi connectivity index (χ3n) is 7.34. The van der Waals surface area contributed by atoms with E-state index in [-0.39, 0.29) is 33.0 Å². The van der Waals surface area contributed by atoms with Crippen LogP contribution in [0.15, 0.2) is 104 Å². The number of aliphatic hydroxyl groups excluding tert-OH is 4. The average Bonchev–Trinajstić information content (AvgIpc) is 3.34. The molecule has 3 aromatic carbocycles. The lowest BCUT2D eigenvalue weighted by Gasteiger charge is -2.38. The molecule has 1 aliphatic heterocycles. The van der Waals surface area contributed by atoms with Gasteiger partial charge in [0.1, 0.15) is 48.8 Å². The molecule has 0 aliphatic carbocycles. The highest BCUT2D eigenvalue weighted by Gasteiger charge is 2.50. The van der Waals surface area contributed by atoms with Crippen LogP contribution in [-0.2, 0) is 43.5 Å². The number of rotatable bonds is 18. The van der Waals surface area contributed by atoms with Crippen molar-refractivity contribution in [3.05, 3.63) is 120 Å². The van der Waals surface area contributed by atoms with Crippen molar-refractivity contribution in [2.45, 2.75) is 68.7 Å². The zero-order chi connectivity index (χ0) is 30.4. The Bertz CT molecular complexity index is 1180. The Morgan fingerprint density at radius 2 is 1.21 bits per heavy atom. The molecular formula is C34H42O9. The Morgan fingerprint density at radius 3 is 1.67 bits per heavy atom. The molecule has 1 aliphatic rings. The number of hydrogen-bond donors (Lipinski definition) is 4. The first-order valence-electron chi connectivity index (χ1n) is 14.5. The van der Waals surface area contributed by atoms with Gasteiger partial charge in [0.05, 0.1) is 39.6 Å². The van der Waals surface area contributed by atoms with Gasteiger partial charge in [-0.05, 0) is 16.7 Å². The van der Waals surface area contributed by atoms with Crippen molar-refractivity contribution in [3.63, 3.8) is 0 Å². The predicted molar refractivity (Wildman–Crippen MR) is 160 cm³/mol. The highest BCUT2D eigenvalue weighted by atomic mass is 16.6. The molecule has 9 nitrogen and oxygen atoms in total. The number of hydrogen-bond acceptors (Lipinski definition) is 9. The summed E-state index contributed by atoms with van der Waals surface area (Å²) in [5, 5.41) is 42.7. The molecular weight excluding hydrogens is 552 g/mol. The molecule has 1 saturated heterocycles. The quantitative estimate of drug-likeness (QED) is 0.130. The Kier molecular flexibility index (Phi) is 13.3. The van der Waals surface area contributed by atoms with Gasteiger partial charge in [-0.2, -0.15) is 0 Å². The standard InChI is InChI=1S/C34H42O9/c1-2-18-39-23-28(40-20-24-12-6-3-7-13-24)32(41-21-25-14-8-4-9-15-25)34(42-22-26-16-10-5-11-17-26)31(38)33-30(37)29(36)27(19-35)43-33/h2-17,27-38H,1,18-23H2/t27-,28-,29-,30-,31?,32-,33-,34+/m1/s1. The molecule has 8 atom stereocenters. The fourth-order valence-corrected chi connectivity index (χ4v) is 5.02. The first kappa shape index (κ1) is 32.9. The molecule has 43 heavy (non-hydrogen) atoms. The first-order chi connectivity index (χ1) is 21.0. The topological polar surface area (TPSA) is 127 Å². The minimum absolute atomic E-state index is 0.0895. The van der Waals surface area contributed by atoms with Crippen LogP contribution < -0.4 is 0 Å². The number of aliphatic hydroxyl groups is 4. The van der Waals surface area contributed by atoms with Crippen LogP contribution in [0.1, 0.15) is 16.7 Å². The van der Waals surface area contributed by atoms with Crippen molar-refractivity contribution in [2.24, 2.45) is 0 Å². The second-order valence-corrected chi connectivity index (χ2v) is 10.5. The molecule has 0 saturated carbocycles. The van der Waals surface area contributed by atoms with Crippen LogP contribution >= 0.6 is 0 Å². The van der Waals surface area contributed by atoms with Crippen LogP contribution in [0.4, 0.5) is 0 Å². The highest BCUT2D eigenvalue weighted by molar-refractivity contribution is 5.15. The Morgan fingerprint density at radius 1 is 0.721 bits per heavy atom. The molecule has 1 unspecified atom stereocenters. The van der Waals surface area contributed by atoms with Crippen molar-refractivity contribution in [1.29, 1.82) is 0 Å². The smallest absolute Gasteiger partial charge is 0.115 e. The van der Waals surface area contributed by atoms with Crippen LogP contribution in [0.2, 0.25) is 0 Å². The van der Waals surface area contributed by atoms with Crippen molar-refractivity contribution >= 4 is 0 Å². The van der Waals surface area contributed by atoms with Gasteiger partial charge in [0.15, 0.2) is 0 Å². The van der Waals surface area contributed by atoms with Crippen molar-refractivity contribution in [2.75, 3.05) is 19.8 Å². The van der Waals surface area contributed by atoms with E-state index < -0.39 is 55.4 Å². The van der Waals surface area contributed by atoms with Crippen LogP contribution in [0.5, 0.6) is 0 Å². The van der Waals surface area contributed by atoms with E-state index in [1.807, 2.05) is 91.0 Å². The van der Waals surface area contributed by atoms with Gasteiger partial charge in [-0.25, -0.2) is 0 Å². The molecule has 3 aromatic rings. The summed E-state index contributed by atoms with van der Waals surface area (Å²) in [4.78, 5) is 0. The van der Waals surface area contributed by atoms with Gasteiger partial charge in [-0.1, -0.05) is 97.1 Å². The Labute approximate surface area is 252 Å². The van der Waals surface area contributed by atoms with Gasteiger partial charge in [-0.3, -0.25) is 0 Å². The normalized spacial score (nSPS) is 23.0. The van der Waals surface area contributed by atoms with Gasteiger partial charge < -0.3 is 44.1 Å². The summed E-state index contributed by atoms with van der Waals surface area (Å²) < 4.78 is 30.8. The lowest BCUT2D eigenvalue weighted by molar-refractivity contribution is -0.210. The van der Waals surface area contributed by atoms with Crippen LogP contribution in [0.3, 0.4) is 0 Å². The fraction of sp³-hybridized carbons (Fsp3) is 0.412. The maximum absolute atomic E-state index is 11.8. The number of benzene rings is 3. The van der Waals surface area contributed by atoms with Gasteiger partial charge in [0, 0.05) is 0 Å². The Hall–Kier alpha value is -2.96. The zero-order valence-electron chi connectivity index (χ0n) is 24.1. The molecule has 4 rings (SSSR count). The minimum atomic E-state index is -1.48. The predicted octanol–water partition coefficient (Wildman–Crippen LogP) is 2.79. The highest BCUT2D eigenvalue weighted by Crippen LogP contribution is 2.30. The average molecular weight is 595 g/mol. The maximum Gasteiger partial charge on any atom is 0.115 e. The second-order valence-electron chi connectivity index (χ2n) is 10.5. The summed E-state index contributed by atoms with van der Waals surface area (Å²) in [6, 6.07) is 28.7. The SMILES string of the molecule is C=CCOC[C@@H](OCc1ccccc1)[C@@H](OCc1ccccc1)[C@@H](OCc1ccccc1)C(O)[C@@H]1O[C@H](CO)[C@@H](O)[C@H]1O. The molecule has 1 fully saturated rings. The summed E-state index contributed by atoms with van der Waals surface area (Å²) in [7, 11) is 0. The van der Waals surface area contributed by atoms with Gasteiger partial charge in [0.2, 0.25) is 0 Å². The minimum Gasteiger partial charge on any atom is -0.394 e. The molecule has 1 heterocycles. The first-order valence-corrected chi connectivity index (χ1v) is 14.5. The summed E-state index contributed by atoms with van der Waals surface area (Å²) in [5.74, 6) is 0. The summed E-state index contributed by atoms with van der Waals surface area (Å²) in [6.45, 7) is 4.09.